The van der Waals surface area contributed by atoms with Gasteiger partial charge in [0.25, 0.3) is 0 Å². The Kier molecular flexibility index (Phi) is 33.3. The van der Waals surface area contributed by atoms with Gasteiger partial charge >= 0.3 is 0 Å². The van der Waals surface area contributed by atoms with Crippen LogP contribution in [0.4, 0.5) is 4.39 Å². The van der Waals surface area contributed by atoms with Crippen LogP contribution in [0, 0.1) is 41.3 Å². The molecule has 10 amide bonds. The topological polar surface area (TPSA) is 294 Å². The lowest BCUT2D eigenvalue weighted by Gasteiger charge is -2.40. The van der Waals surface area contributed by atoms with Gasteiger partial charge in [-0.05, 0) is 117 Å². The van der Waals surface area contributed by atoms with Crippen LogP contribution in [0.2, 0.25) is 0 Å². The van der Waals surface area contributed by atoms with Gasteiger partial charge in [-0.2, -0.15) is 0 Å². The average Bonchev–Trinajstić information content (AvgIpc) is 0.467. The summed E-state index contributed by atoms with van der Waals surface area (Å²) in [5.74, 6) is -9.83. The highest BCUT2D eigenvalue weighted by Gasteiger charge is 2.43. The van der Waals surface area contributed by atoms with Crippen molar-refractivity contribution in [3.63, 3.8) is 0 Å². The number of aromatic hydroxyl groups is 1. The zero-order chi connectivity index (χ0) is 76.2. The molecule has 0 unspecified atom stereocenters. The van der Waals surface area contributed by atoms with Crippen LogP contribution in [0.3, 0.4) is 0 Å². The predicted octanol–water partition coefficient (Wildman–Crippen LogP) is 5.99. The molecule has 2 aromatic rings. The van der Waals surface area contributed by atoms with Gasteiger partial charge in [-0.25, -0.2) is 4.39 Å². The van der Waals surface area contributed by atoms with Crippen molar-refractivity contribution in [1.29, 1.82) is 0 Å². The number of rotatable bonds is 17. The van der Waals surface area contributed by atoms with Crippen molar-refractivity contribution in [3.8, 4) is 5.75 Å². The number of aliphatic hydroxyl groups is 1. The lowest BCUT2D eigenvalue weighted by molar-refractivity contribution is -0.150. The monoisotopic (exact) mass is 1410 g/mol. The van der Waals surface area contributed by atoms with Crippen molar-refractivity contribution < 1.29 is 62.5 Å². The standard InChI is InChI=1S/C76H121FN12O12/c1-44(2)34-56-51(14)84(17)59(35-45(3)4)50(13)78-68(52(15)90)75(100)83(16)43-66(93)85(18)60(36-46(5)6)69(94)80-57(40-54-30-31-64(91)55(77)39-54)72(97)88(21)63(38-48(9)10)74(99)86(19)61(37-47(7)8)70(95)81-58(73(98)89-32-26-23-27-33-89)42-65(92)82-67(49(11)12)76(101)87(20)62(71(96)79-56)41-53-28-24-22-25-29-53/h22,24-25,28-31,39,44-49,52,56-63,67-68,78,90-91H,13-14,23,26-27,32-38,40-43H2,1-12,15-21H3,(H,79,96)(H,80,94)(H,81,95)(H,82,92)/t52-,56+,57+,58+,59+,60+,61+,62+,63+,67-,68+/m1/s1. The van der Waals surface area contributed by atoms with Crippen molar-refractivity contribution in [2.24, 2.45) is 35.5 Å². The molecule has 11 atom stereocenters. The average molecular weight is 1410 g/mol. The van der Waals surface area contributed by atoms with Crippen LogP contribution in [-0.4, -0.2) is 232 Å². The van der Waals surface area contributed by atoms with E-state index in [2.05, 4.69) is 39.7 Å². The first kappa shape index (κ1) is 85.3. The fraction of sp³-hybridized carbons (Fsp3) is 0.658. The van der Waals surface area contributed by atoms with Gasteiger partial charge in [0.05, 0.1) is 31.2 Å². The van der Waals surface area contributed by atoms with Gasteiger partial charge in [-0.1, -0.05) is 133 Å². The second kappa shape index (κ2) is 39.4. The number of hydrogen-bond donors (Lipinski definition) is 7. The van der Waals surface area contributed by atoms with E-state index in [0.717, 1.165) is 29.0 Å². The Bertz CT molecular complexity index is 3170. The maximum Gasteiger partial charge on any atom is 0.247 e. The van der Waals surface area contributed by atoms with E-state index >= 15 is 33.2 Å². The van der Waals surface area contributed by atoms with E-state index in [-0.39, 0.29) is 67.3 Å². The van der Waals surface area contributed by atoms with Crippen molar-refractivity contribution in [2.45, 2.75) is 227 Å². The number of phenolic OH excluding ortho intramolecular Hbond substituents is 1. The quantitative estimate of drug-likeness (QED) is 0.0958. The van der Waals surface area contributed by atoms with Crippen LogP contribution in [0.15, 0.2) is 73.1 Å². The van der Waals surface area contributed by atoms with Crippen LogP contribution in [0.25, 0.3) is 0 Å². The molecular weight excluding hydrogens is 1290 g/mol. The number of carbonyl (C=O) groups excluding carboxylic acids is 10. The minimum Gasteiger partial charge on any atom is -0.505 e. The van der Waals surface area contributed by atoms with Gasteiger partial charge in [0, 0.05) is 79.6 Å². The summed E-state index contributed by atoms with van der Waals surface area (Å²) in [4.78, 5) is 160. The fourth-order valence-electron chi connectivity index (χ4n) is 13.1. The molecular formula is C76H121FN12O12. The molecule has 0 aromatic heterocycles. The minimum atomic E-state index is -1.54. The summed E-state index contributed by atoms with van der Waals surface area (Å²) >= 11 is 0. The number of aliphatic hydroxyl groups excluding tert-OH is 1. The van der Waals surface area contributed by atoms with Gasteiger partial charge in [0.2, 0.25) is 59.1 Å². The van der Waals surface area contributed by atoms with Gasteiger partial charge in [0.1, 0.15) is 48.3 Å². The highest BCUT2D eigenvalue weighted by molar-refractivity contribution is 5.99. The fourth-order valence-corrected chi connectivity index (χ4v) is 13.1. The summed E-state index contributed by atoms with van der Waals surface area (Å²) in [6, 6.07) is 0.608. The number of hydrogen-bond acceptors (Lipinski definition) is 14. The SMILES string of the molecule is C=C1N[C@@H]([C@@H](C)O)C(=O)N(C)CC(=O)N(C)[C@@H](CC(C)C)C(=O)N[C@@H](Cc2ccc(O)c(F)c2)C(=O)N(C)[C@@H](CC(C)C)C(=O)N(C)[C@@H](CC(C)C)C(=O)N[C@H](C(=O)N2CCCCC2)CC(=O)N[C@H](C(C)C)C(=O)N(C)[C@@H](Cc2ccccc2)C(=O)N[C@@H](CC(C)C)C(=C)N(C)[C@H]1CC(C)C. The third-order valence-electron chi connectivity index (χ3n) is 19.1. The molecule has 2 heterocycles. The first-order chi connectivity index (χ1) is 47.2. The van der Waals surface area contributed by atoms with Crippen molar-refractivity contribution in [3.05, 3.63) is 90.0 Å². The predicted molar refractivity (Wildman–Crippen MR) is 389 cm³/mol. The number of likely N-dealkylation sites (tertiary alicyclic amines) is 1. The number of halogens is 1. The van der Waals surface area contributed by atoms with E-state index in [4.69, 9.17) is 0 Å². The summed E-state index contributed by atoms with van der Waals surface area (Å²) < 4.78 is 15.2. The molecule has 2 aliphatic heterocycles. The number of phenols is 1. The molecule has 24 nitrogen and oxygen atoms in total. The second-order valence-electron chi connectivity index (χ2n) is 30.5. The van der Waals surface area contributed by atoms with E-state index in [1.807, 2.05) is 104 Å². The molecule has 4 rings (SSSR count). The Morgan fingerprint density at radius 3 is 1.54 bits per heavy atom. The van der Waals surface area contributed by atoms with Crippen LogP contribution >= 0.6 is 0 Å². The van der Waals surface area contributed by atoms with Crippen molar-refractivity contribution in [1.82, 2.24) is 60.9 Å². The number of nitrogens with zero attached hydrogens (tertiary/aromatic N) is 7. The largest absolute Gasteiger partial charge is 0.505 e. The summed E-state index contributed by atoms with van der Waals surface area (Å²) in [5.41, 5.74) is 1.68. The number of piperidine rings is 1. The Morgan fingerprint density at radius 1 is 0.515 bits per heavy atom. The van der Waals surface area contributed by atoms with E-state index in [9.17, 15) is 29.4 Å². The normalized spacial score (nSPS) is 24.9. The first-order valence-corrected chi connectivity index (χ1v) is 36.0. The molecule has 2 fully saturated rings. The molecule has 25 heteroatoms. The smallest absolute Gasteiger partial charge is 0.247 e. The molecule has 0 bridgehead atoms. The number of amides is 10. The summed E-state index contributed by atoms with van der Waals surface area (Å²) in [7, 11) is 8.86. The van der Waals surface area contributed by atoms with E-state index in [1.165, 1.54) is 67.8 Å². The number of carbonyl (C=O) groups is 10. The van der Waals surface area contributed by atoms with Gasteiger partial charge < -0.3 is 71.1 Å². The van der Waals surface area contributed by atoms with Gasteiger partial charge in [-0.15, -0.1) is 0 Å². The van der Waals surface area contributed by atoms with Gasteiger partial charge in [0.15, 0.2) is 11.6 Å². The Balaban J connectivity index is 1.99. The lowest BCUT2D eigenvalue weighted by atomic mass is 9.95. The summed E-state index contributed by atoms with van der Waals surface area (Å²) in [6.45, 7) is 33.0. The molecule has 2 aromatic carbocycles. The first-order valence-electron chi connectivity index (χ1n) is 36.0. The highest BCUT2D eigenvalue weighted by Crippen LogP contribution is 2.27. The number of nitrogens with one attached hydrogen (secondary N) is 5. The van der Waals surface area contributed by atoms with Crippen molar-refractivity contribution in [2.75, 3.05) is 61.9 Å². The summed E-state index contributed by atoms with van der Waals surface area (Å²) in [6.07, 6.45) is 0.924. The van der Waals surface area contributed by atoms with E-state index in [1.54, 1.807) is 25.8 Å². The van der Waals surface area contributed by atoms with Crippen LogP contribution in [0.5, 0.6) is 5.75 Å². The van der Waals surface area contributed by atoms with Crippen LogP contribution < -0.4 is 26.6 Å². The Labute approximate surface area is 600 Å². The number of likely N-dealkylation sites (N-methyl/N-ethyl adjacent to an activating group) is 6. The van der Waals surface area contributed by atoms with Crippen LogP contribution in [0.1, 0.15) is 159 Å². The molecule has 0 aliphatic carbocycles. The van der Waals surface area contributed by atoms with E-state index in [0.29, 0.717) is 50.2 Å². The lowest BCUT2D eigenvalue weighted by Crippen LogP contribution is -2.61. The Morgan fingerprint density at radius 2 is 1.01 bits per heavy atom. The molecule has 0 saturated carbocycles. The highest BCUT2D eigenvalue weighted by atomic mass is 19.1. The third kappa shape index (κ3) is 24.9. The zero-order valence-corrected chi connectivity index (χ0v) is 63.7. The molecule has 564 valence electrons. The molecule has 101 heavy (non-hydrogen) atoms. The minimum absolute atomic E-state index is 0.00741. The Hall–Kier alpha value is -8.09. The maximum atomic E-state index is 15.4. The maximum absolute atomic E-state index is 15.4. The molecule has 0 spiro atoms. The molecule has 7 N–H and O–H groups in total. The van der Waals surface area contributed by atoms with Crippen LogP contribution in [-0.2, 0) is 60.8 Å². The number of benzene rings is 2. The molecule has 0 radical (unpaired) electrons. The molecule has 2 saturated heterocycles. The third-order valence-corrected chi connectivity index (χ3v) is 19.1. The van der Waals surface area contributed by atoms with Gasteiger partial charge in [-0.3, -0.25) is 47.9 Å². The van der Waals surface area contributed by atoms with E-state index < -0.39 is 156 Å². The summed E-state index contributed by atoms with van der Waals surface area (Å²) in [5, 5.41) is 36.6. The second-order valence-corrected chi connectivity index (χ2v) is 30.5. The zero-order valence-electron chi connectivity index (χ0n) is 63.7. The molecule has 2 aliphatic rings. The van der Waals surface area contributed by atoms with Crippen molar-refractivity contribution >= 4 is 59.1 Å².